The van der Waals surface area contributed by atoms with E-state index in [0.29, 0.717) is 6.54 Å². The Balaban J connectivity index is 2.38. The zero-order chi connectivity index (χ0) is 9.97. The van der Waals surface area contributed by atoms with Gasteiger partial charge in [0.1, 0.15) is 5.58 Å². The first-order chi connectivity index (χ1) is 6.81. The average Bonchev–Trinajstić information content (AvgIpc) is 2.61. The van der Waals surface area contributed by atoms with E-state index in [1.165, 1.54) is 0 Å². The van der Waals surface area contributed by atoms with E-state index in [1.807, 2.05) is 18.2 Å². The topological polar surface area (TPSA) is 39.2 Å². The van der Waals surface area contributed by atoms with Gasteiger partial charge in [0.2, 0.25) is 0 Å². The molecule has 0 aliphatic rings. The van der Waals surface area contributed by atoms with Crippen LogP contribution in [0.5, 0.6) is 0 Å². The Hall–Kier alpha value is -0.990. The molecule has 2 aromatic rings. The molecule has 1 aromatic carbocycles. The van der Waals surface area contributed by atoms with E-state index < -0.39 is 0 Å². The highest BCUT2D eigenvalue weighted by Crippen LogP contribution is 2.25. The largest absolute Gasteiger partial charge is 0.464 e. The molecular weight excluding hydrogens is 198 g/mol. The van der Waals surface area contributed by atoms with Crippen LogP contribution in [-0.2, 0) is 6.42 Å². The van der Waals surface area contributed by atoms with Gasteiger partial charge in [-0.2, -0.15) is 0 Å². The Morgan fingerprint density at radius 2 is 2.21 bits per heavy atom. The molecule has 14 heavy (non-hydrogen) atoms. The summed E-state index contributed by atoms with van der Waals surface area (Å²) in [7, 11) is 0. The number of hydrogen-bond donors (Lipinski definition) is 1. The third-order valence-corrected chi connectivity index (χ3v) is 2.62. The van der Waals surface area contributed by atoms with Crippen LogP contribution >= 0.6 is 11.6 Å². The number of hydrogen-bond acceptors (Lipinski definition) is 2. The first-order valence-electron chi connectivity index (χ1n) is 4.67. The smallest absolute Gasteiger partial charge is 0.134 e. The number of halogens is 1. The van der Waals surface area contributed by atoms with Gasteiger partial charge in [-0.3, -0.25) is 0 Å². The highest BCUT2D eigenvalue weighted by molar-refractivity contribution is 6.32. The predicted octanol–water partition coefficient (Wildman–Crippen LogP) is 2.98. The first-order valence-corrected chi connectivity index (χ1v) is 5.05. The normalized spacial score (nSPS) is 11.0. The van der Waals surface area contributed by atoms with Crippen molar-refractivity contribution in [3.8, 4) is 0 Å². The fourth-order valence-electron chi connectivity index (χ4n) is 1.51. The van der Waals surface area contributed by atoms with Crippen molar-refractivity contribution in [2.75, 3.05) is 6.54 Å². The van der Waals surface area contributed by atoms with Crippen LogP contribution in [0.1, 0.15) is 12.0 Å². The molecule has 0 spiro atoms. The number of rotatable bonds is 3. The molecule has 0 fully saturated rings. The third kappa shape index (κ3) is 1.76. The second-order valence-corrected chi connectivity index (χ2v) is 3.70. The lowest BCUT2D eigenvalue weighted by molar-refractivity contribution is 0.615. The van der Waals surface area contributed by atoms with E-state index in [2.05, 4.69) is 0 Å². The molecule has 74 valence electrons. The fraction of sp³-hybridized carbons (Fsp3) is 0.273. The third-order valence-electron chi connectivity index (χ3n) is 2.27. The quantitative estimate of drug-likeness (QED) is 0.844. The Bertz CT molecular complexity index is 436. The summed E-state index contributed by atoms with van der Waals surface area (Å²) in [4.78, 5) is 0. The zero-order valence-electron chi connectivity index (χ0n) is 7.79. The van der Waals surface area contributed by atoms with Gasteiger partial charge in [-0.15, -0.1) is 0 Å². The summed E-state index contributed by atoms with van der Waals surface area (Å²) in [6.07, 6.45) is 3.53. The van der Waals surface area contributed by atoms with Gasteiger partial charge in [0, 0.05) is 10.4 Å². The molecule has 0 aliphatic carbocycles. The van der Waals surface area contributed by atoms with Crippen LogP contribution in [0.25, 0.3) is 11.0 Å². The van der Waals surface area contributed by atoms with Crippen molar-refractivity contribution in [2.24, 2.45) is 5.73 Å². The van der Waals surface area contributed by atoms with E-state index in [-0.39, 0.29) is 0 Å². The second kappa shape index (κ2) is 4.03. The van der Waals surface area contributed by atoms with Crippen LogP contribution in [0.3, 0.4) is 0 Å². The number of benzene rings is 1. The summed E-state index contributed by atoms with van der Waals surface area (Å²) in [5.74, 6) is 0. The van der Waals surface area contributed by atoms with E-state index in [9.17, 15) is 0 Å². The maximum absolute atomic E-state index is 6.11. The van der Waals surface area contributed by atoms with Crippen molar-refractivity contribution in [1.82, 2.24) is 0 Å². The second-order valence-electron chi connectivity index (χ2n) is 3.29. The Kier molecular flexibility index (Phi) is 2.75. The summed E-state index contributed by atoms with van der Waals surface area (Å²) in [5.41, 5.74) is 7.45. The summed E-state index contributed by atoms with van der Waals surface area (Å²) >= 11 is 6.11. The van der Waals surface area contributed by atoms with Gasteiger partial charge >= 0.3 is 0 Å². The minimum atomic E-state index is 0.687. The molecule has 0 radical (unpaired) electrons. The van der Waals surface area contributed by atoms with Gasteiger partial charge in [-0.05, 0) is 43.1 Å². The molecular formula is C11H12ClNO. The number of furan rings is 1. The average molecular weight is 210 g/mol. The SMILES string of the molecule is NCCCc1cc2occc2cc1Cl. The van der Waals surface area contributed by atoms with Gasteiger partial charge in [-0.1, -0.05) is 11.6 Å². The van der Waals surface area contributed by atoms with E-state index in [0.717, 1.165) is 34.4 Å². The van der Waals surface area contributed by atoms with Crippen LogP contribution in [0, 0.1) is 0 Å². The van der Waals surface area contributed by atoms with Gasteiger partial charge in [-0.25, -0.2) is 0 Å². The fourth-order valence-corrected chi connectivity index (χ4v) is 1.77. The van der Waals surface area contributed by atoms with Crippen LogP contribution in [-0.4, -0.2) is 6.54 Å². The highest BCUT2D eigenvalue weighted by atomic mass is 35.5. The lowest BCUT2D eigenvalue weighted by atomic mass is 10.1. The minimum Gasteiger partial charge on any atom is -0.464 e. The maximum Gasteiger partial charge on any atom is 0.134 e. The van der Waals surface area contributed by atoms with Crippen molar-refractivity contribution < 1.29 is 4.42 Å². The standard InChI is InChI=1S/C11H12ClNO/c12-10-6-9-3-5-14-11(9)7-8(10)2-1-4-13/h3,5-7H,1-2,4,13H2. The van der Waals surface area contributed by atoms with Crippen molar-refractivity contribution >= 4 is 22.6 Å². The molecule has 2 nitrogen and oxygen atoms in total. The van der Waals surface area contributed by atoms with Crippen molar-refractivity contribution in [3.05, 3.63) is 35.0 Å². The van der Waals surface area contributed by atoms with Crippen LogP contribution in [0.4, 0.5) is 0 Å². The minimum absolute atomic E-state index is 0.687. The summed E-state index contributed by atoms with van der Waals surface area (Å²) in [6, 6.07) is 5.84. The van der Waals surface area contributed by atoms with Crippen LogP contribution in [0.2, 0.25) is 5.02 Å². The van der Waals surface area contributed by atoms with Crippen molar-refractivity contribution in [2.45, 2.75) is 12.8 Å². The molecule has 0 bridgehead atoms. The zero-order valence-corrected chi connectivity index (χ0v) is 8.55. The lowest BCUT2D eigenvalue weighted by Crippen LogP contribution is -2.00. The first kappa shape index (κ1) is 9.56. The maximum atomic E-state index is 6.11. The van der Waals surface area contributed by atoms with E-state index >= 15 is 0 Å². The molecule has 0 saturated heterocycles. The monoisotopic (exact) mass is 209 g/mol. The van der Waals surface area contributed by atoms with Crippen LogP contribution in [0.15, 0.2) is 28.9 Å². The van der Waals surface area contributed by atoms with Gasteiger partial charge in [0.05, 0.1) is 6.26 Å². The summed E-state index contributed by atoms with van der Waals surface area (Å²) in [6.45, 7) is 0.687. The van der Waals surface area contributed by atoms with Crippen LogP contribution < -0.4 is 5.73 Å². The molecule has 2 N–H and O–H groups in total. The molecule has 0 aliphatic heterocycles. The molecule has 2 rings (SSSR count). The summed E-state index contributed by atoms with van der Waals surface area (Å²) < 4.78 is 5.30. The molecule has 1 heterocycles. The highest BCUT2D eigenvalue weighted by Gasteiger charge is 2.04. The molecule has 0 atom stereocenters. The molecule has 0 saturated carbocycles. The molecule has 1 aromatic heterocycles. The number of aryl methyl sites for hydroxylation is 1. The van der Waals surface area contributed by atoms with Gasteiger partial charge < -0.3 is 10.2 Å². The Morgan fingerprint density at radius 3 is 3.00 bits per heavy atom. The van der Waals surface area contributed by atoms with Crippen molar-refractivity contribution in [3.63, 3.8) is 0 Å². The summed E-state index contributed by atoms with van der Waals surface area (Å²) in [5, 5.41) is 1.85. The van der Waals surface area contributed by atoms with Gasteiger partial charge in [0.15, 0.2) is 0 Å². The number of nitrogens with two attached hydrogens (primary N) is 1. The molecule has 0 unspecified atom stereocenters. The predicted molar refractivity (Wildman–Crippen MR) is 58.6 cm³/mol. The molecule has 3 heteroatoms. The van der Waals surface area contributed by atoms with E-state index in [4.69, 9.17) is 21.8 Å². The lowest BCUT2D eigenvalue weighted by Gasteiger charge is -2.02. The van der Waals surface area contributed by atoms with E-state index in [1.54, 1.807) is 6.26 Å². The number of fused-ring (bicyclic) bond motifs is 1. The van der Waals surface area contributed by atoms with Gasteiger partial charge in [0.25, 0.3) is 0 Å². The molecule has 0 amide bonds. The Morgan fingerprint density at radius 1 is 1.36 bits per heavy atom. The van der Waals surface area contributed by atoms with Crippen molar-refractivity contribution in [1.29, 1.82) is 0 Å². The Labute approximate surface area is 87.6 Å².